The largest absolute Gasteiger partial charge is 0.484 e. The van der Waals surface area contributed by atoms with Gasteiger partial charge in [-0.2, -0.15) is 0 Å². The van der Waals surface area contributed by atoms with Gasteiger partial charge in [-0.05, 0) is 87.0 Å². The summed E-state index contributed by atoms with van der Waals surface area (Å²) in [4.78, 5) is 39.8. The molecule has 1 aromatic rings. The summed E-state index contributed by atoms with van der Waals surface area (Å²) >= 11 is 5.86. The summed E-state index contributed by atoms with van der Waals surface area (Å²) in [6, 6.07) is 6.87. The van der Waals surface area contributed by atoms with Crippen LogP contribution < -0.4 is 10.5 Å². The summed E-state index contributed by atoms with van der Waals surface area (Å²) in [6.45, 7) is 0.924. The number of nitrogens with two attached hydrogens (primary N) is 1. The molecule has 1 heterocycles. The third kappa shape index (κ3) is 4.32. The monoisotopic (exact) mass is 474 g/mol. The zero-order valence-corrected chi connectivity index (χ0v) is 19.5. The van der Waals surface area contributed by atoms with Crippen molar-refractivity contribution in [2.45, 2.75) is 51.0 Å². The van der Waals surface area contributed by atoms with Gasteiger partial charge in [0.05, 0.1) is 11.3 Å². The van der Waals surface area contributed by atoms with Gasteiger partial charge in [0.1, 0.15) is 11.9 Å². The summed E-state index contributed by atoms with van der Waals surface area (Å²) in [5.74, 6) is 1.00. The van der Waals surface area contributed by atoms with E-state index in [2.05, 4.69) is 0 Å². The Bertz CT molecular complexity index is 913. The molecule has 5 aliphatic rings. The van der Waals surface area contributed by atoms with E-state index >= 15 is 0 Å². The fourth-order valence-electron chi connectivity index (χ4n) is 6.90. The SMILES string of the molecule is NC(=O)C12CC3CC(CC(C3)C1OC(=O)C1CCN(C(=O)COc3ccc(Cl)cc3)CC1)C2. The Hall–Kier alpha value is -2.28. The Morgan fingerprint density at radius 1 is 1.03 bits per heavy atom. The summed E-state index contributed by atoms with van der Waals surface area (Å²) in [5, 5.41) is 0.609. The molecular formula is C25H31ClN2O5. The zero-order chi connectivity index (χ0) is 23.2. The van der Waals surface area contributed by atoms with Gasteiger partial charge in [0.25, 0.3) is 5.91 Å². The number of carbonyl (C=O) groups excluding carboxylic acids is 3. The molecule has 8 heteroatoms. The number of amides is 2. The average molecular weight is 475 g/mol. The van der Waals surface area contributed by atoms with Gasteiger partial charge in [-0.1, -0.05) is 11.6 Å². The summed E-state index contributed by atoms with van der Waals surface area (Å²) < 4.78 is 11.6. The van der Waals surface area contributed by atoms with Crippen molar-refractivity contribution in [2.75, 3.05) is 19.7 Å². The van der Waals surface area contributed by atoms with E-state index in [0.717, 1.165) is 25.7 Å². The number of esters is 1. The number of halogens is 1. The molecule has 33 heavy (non-hydrogen) atoms. The molecule has 4 aliphatic carbocycles. The molecule has 6 rings (SSSR count). The van der Waals surface area contributed by atoms with E-state index in [1.165, 1.54) is 6.42 Å². The first-order chi connectivity index (χ1) is 15.8. The highest BCUT2D eigenvalue weighted by atomic mass is 35.5. The quantitative estimate of drug-likeness (QED) is 0.638. The van der Waals surface area contributed by atoms with E-state index in [1.54, 1.807) is 29.2 Å². The van der Waals surface area contributed by atoms with Crippen molar-refractivity contribution in [3.8, 4) is 5.75 Å². The summed E-state index contributed by atoms with van der Waals surface area (Å²) in [7, 11) is 0. The Morgan fingerprint density at radius 2 is 1.67 bits per heavy atom. The smallest absolute Gasteiger partial charge is 0.309 e. The highest BCUT2D eigenvalue weighted by molar-refractivity contribution is 6.30. The molecule has 3 unspecified atom stereocenters. The van der Waals surface area contributed by atoms with Crippen LogP contribution in [0.2, 0.25) is 5.02 Å². The van der Waals surface area contributed by atoms with Crippen molar-refractivity contribution in [2.24, 2.45) is 34.8 Å². The average Bonchev–Trinajstić information content (AvgIpc) is 2.80. The molecule has 2 amide bonds. The number of carbonyl (C=O) groups is 3. The predicted octanol–water partition coefficient (Wildman–Crippen LogP) is 3.18. The van der Waals surface area contributed by atoms with Crippen molar-refractivity contribution in [1.29, 1.82) is 0 Å². The molecule has 4 saturated carbocycles. The summed E-state index contributed by atoms with van der Waals surface area (Å²) in [6.07, 6.45) is 5.48. The van der Waals surface area contributed by atoms with E-state index in [-0.39, 0.29) is 42.3 Å². The molecule has 2 N–H and O–H groups in total. The molecule has 0 spiro atoms. The van der Waals surface area contributed by atoms with Crippen LogP contribution in [-0.4, -0.2) is 48.5 Å². The number of rotatable bonds is 6. The van der Waals surface area contributed by atoms with Crippen LogP contribution in [0.15, 0.2) is 24.3 Å². The number of ether oxygens (including phenoxy) is 2. The van der Waals surface area contributed by atoms with E-state index in [4.69, 9.17) is 26.8 Å². The normalized spacial score (nSPS) is 33.1. The molecule has 0 radical (unpaired) electrons. The van der Waals surface area contributed by atoms with Gasteiger partial charge in [-0.25, -0.2) is 0 Å². The van der Waals surface area contributed by atoms with Gasteiger partial charge < -0.3 is 20.1 Å². The second-order valence-corrected chi connectivity index (χ2v) is 10.8. The van der Waals surface area contributed by atoms with Crippen molar-refractivity contribution >= 4 is 29.4 Å². The van der Waals surface area contributed by atoms with Gasteiger partial charge in [0.15, 0.2) is 6.61 Å². The fraction of sp³-hybridized carbons (Fsp3) is 0.640. The summed E-state index contributed by atoms with van der Waals surface area (Å²) in [5.41, 5.74) is 5.19. The maximum absolute atomic E-state index is 13.1. The van der Waals surface area contributed by atoms with Crippen molar-refractivity contribution < 1.29 is 23.9 Å². The maximum atomic E-state index is 13.1. The van der Waals surface area contributed by atoms with E-state index in [1.807, 2.05) is 0 Å². The maximum Gasteiger partial charge on any atom is 0.309 e. The van der Waals surface area contributed by atoms with E-state index in [9.17, 15) is 14.4 Å². The fourth-order valence-corrected chi connectivity index (χ4v) is 7.02. The minimum atomic E-state index is -0.680. The molecule has 7 nitrogen and oxygen atoms in total. The van der Waals surface area contributed by atoms with Crippen molar-refractivity contribution in [3.05, 3.63) is 29.3 Å². The zero-order valence-electron chi connectivity index (χ0n) is 18.7. The molecule has 1 saturated heterocycles. The van der Waals surface area contributed by atoms with Crippen LogP contribution >= 0.6 is 11.6 Å². The number of hydrogen-bond donors (Lipinski definition) is 1. The minimum Gasteiger partial charge on any atom is -0.484 e. The number of nitrogens with zero attached hydrogens (tertiary/aromatic N) is 1. The van der Waals surface area contributed by atoms with Crippen LogP contribution in [0.25, 0.3) is 0 Å². The lowest BCUT2D eigenvalue weighted by Gasteiger charge is -2.58. The van der Waals surface area contributed by atoms with Gasteiger partial charge in [-0.15, -0.1) is 0 Å². The predicted molar refractivity (Wildman–Crippen MR) is 121 cm³/mol. The standard InChI is InChI=1S/C25H31ClN2O5/c26-19-1-3-20(4-2-19)32-14-21(29)28-7-5-17(6-8-28)23(30)33-22-18-10-15-9-16(11-18)13-25(22,12-15)24(27)31/h1-4,15-18,22H,5-14H2,(H2,27,31). The molecule has 1 aliphatic heterocycles. The lowest BCUT2D eigenvalue weighted by Crippen LogP contribution is -2.62. The van der Waals surface area contributed by atoms with Crippen LogP contribution in [0, 0.1) is 29.1 Å². The Labute approximate surface area is 198 Å². The molecular weight excluding hydrogens is 444 g/mol. The van der Waals surface area contributed by atoms with Crippen LogP contribution in [0.5, 0.6) is 5.75 Å². The minimum absolute atomic E-state index is 0.0516. The number of primary amides is 1. The first kappa shape index (κ1) is 22.5. The van der Waals surface area contributed by atoms with E-state index in [0.29, 0.717) is 48.5 Å². The highest BCUT2D eigenvalue weighted by Gasteiger charge is 2.62. The van der Waals surface area contributed by atoms with Crippen LogP contribution in [0.3, 0.4) is 0 Å². The van der Waals surface area contributed by atoms with Crippen LogP contribution in [0.1, 0.15) is 44.9 Å². The number of hydrogen-bond acceptors (Lipinski definition) is 5. The third-order valence-electron chi connectivity index (χ3n) is 8.31. The Morgan fingerprint density at radius 3 is 2.27 bits per heavy atom. The third-order valence-corrected chi connectivity index (χ3v) is 8.56. The number of benzene rings is 1. The second kappa shape index (κ2) is 8.82. The van der Waals surface area contributed by atoms with Crippen LogP contribution in [-0.2, 0) is 19.1 Å². The highest BCUT2D eigenvalue weighted by Crippen LogP contribution is 2.61. The Kier molecular flexibility index (Phi) is 6.02. The number of piperidine rings is 1. The lowest BCUT2D eigenvalue weighted by molar-refractivity contribution is -0.199. The Balaban J connectivity index is 1.14. The van der Waals surface area contributed by atoms with Gasteiger partial charge in [0, 0.05) is 18.1 Å². The molecule has 3 atom stereocenters. The van der Waals surface area contributed by atoms with Crippen molar-refractivity contribution in [1.82, 2.24) is 4.90 Å². The molecule has 178 valence electrons. The van der Waals surface area contributed by atoms with E-state index < -0.39 is 5.41 Å². The van der Waals surface area contributed by atoms with Crippen molar-refractivity contribution in [3.63, 3.8) is 0 Å². The van der Waals surface area contributed by atoms with Gasteiger partial charge in [0.2, 0.25) is 5.91 Å². The van der Waals surface area contributed by atoms with Gasteiger partial charge in [-0.3, -0.25) is 14.4 Å². The first-order valence-electron chi connectivity index (χ1n) is 12.0. The van der Waals surface area contributed by atoms with Crippen LogP contribution in [0.4, 0.5) is 0 Å². The molecule has 4 bridgehead atoms. The molecule has 0 aromatic heterocycles. The first-order valence-corrected chi connectivity index (χ1v) is 12.4. The number of likely N-dealkylation sites (tertiary alicyclic amines) is 1. The van der Waals surface area contributed by atoms with Gasteiger partial charge >= 0.3 is 5.97 Å². The lowest BCUT2D eigenvalue weighted by atomic mass is 9.48. The second-order valence-electron chi connectivity index (χ2n) is 10.4. The molecule has 1 aromatic carbocycles. The molecule has 5 fully saturated rings. The topological polar surface area (TPSA) is 98.9 Å².